The summed E-state index contributed by atoms with van der Waals surface area (Å²) in [7, 11) is 1.36. The number of nitrogens with zero attached hydrogens (tertiary/aromatic N) is 3. The van der Waals surface area contributed by atoms with Crippen LogP contribution in [0, 0.1) is 11.2 Å². The van der Waals surface area contributed by atoms with Crippen molar-refractivity contribution in [2.45, 2.75) is 26.4 Å². The molecule has 0 saturated heterocycles. The van der Waals surface area contributed by atoms with Crippen molar-refractivity contribution >= 4 is 12.0 Å². The number of halogens is 4. The molecule has 0 atom stereocenters. The van der Waals surface area contributed by atoms with Crippen molar-refractivity contribution in [2.75, 3.05) is 7.11 Å². The molecule has 0 bridgehead atoms. The van der Waals surface area contributed by atoms with Crippen molar-refractivity contribution in [3.8, 4) is 11.4 Å². The Bertz CT molecular complexity index is 828. The number of Topliss-reactive ketones (excluding diaryl/α,β-unsaturated/α-hetero) is 1. The highest BCUT2D eigenvalue weighted by Gasteiger charge is 2.38. The van der Waals surface area contributed by atoms with Crippen LogP contribution >= 0.6 is 0 Å². The smallest absolute Gasteiger partial charge is 0.399 e. The highest BCUT2D eigenvalue weighted by Crippen LogP contribution is 2.30. The van der Waals surface area contributed by atoms with Gasteiger partial charge >= 0.3 is 12.1 Å². The van der Waals surface area contributed by atoms with Gasteiger partial charge in [0.05, 0.1) is 5.56 Å². The van der Waals surface area contributed by atoms with Crippen LogP contribution in [-0.2, 0) is 11.0 Å². The molecule has 0 unspecified atom stereocenters. The van der Waals surface area contributed by atoms with Gasteiger partial charge in [-0.2, -0.15) is 18.2 Å². The summed E-state index contributed by atoms with van der Waals surface area (Å²) in [6.07, 6.45) is -3.42. The molecule has 0 aliphatic carbocycles. The molecule has 140 valence electrons. The molecule has 1 aromatic heterocycles. The number of rotatable bonds is 6. The molecule has 0 aliphatic rings. The largest absolute Gasteiger partial charge is 0.471 e. The Morgan fingerprint density at radius 3 is 2.58 bits per heavy atom. The van der Waals surface area contributed by atoms with Gasteiger partial charge in [-0.25, -0.2) is 4.39 Å². The Morgan fingerprint density at radius 2 is 2.04 bits per heavy atom. The first-order valence-corrected chi connectivity index (χ1v) is 7.35. The average molecular weight is 373 g/mol. The van der Waals surface area contributed by atoms with Crippen LogP contribution in [0.1, 0.15) is 36.5 Å². The van der Waals surface area contributed by atoms with Gasteiger partial charge in [0.1, 0.15) is 12.9 Å². The van der Waals surface area contributed by atoms with Crippen LogP contribution in [0.2, 0.25) is 0 Å². The molecule has 0 fully saturated rings. The summed E-state index contributed by atoms with van der Waals surface area (Å²) >= 11 is 0. The fraction of sp³-hybridized carbons (Fsp3) is 0.375. The number of carbonyl (C=O) groups excluding carboxylic acids is 1. The first-order valence-electron chi connectivity index (χ1n) is 7.35. The molecule has 1 heterocycles. The number of alkyl halides is 3. The Kier molecular flexibility index (Phi) is 5.43. The van der Waals surface area contributed by atoms with E-state index in [-0.39, 0.29) is 17.5 Å². The fourth-order valence-electron chi connectivity index (χ4n) is 2.09. The van der Waals surface area contributed by atoms with Gasteiger partial charge in [0, 0.05) is 23.6 Å². The van der Waals surface area contributed by atoms with Crippen molar-refractivity contribution in [3.05, 3.63) is 35.5 Å². The third kappa shape index (κ3) is 4.64. The molecule has 0 spiro atoms. The summed E-state index contributed by atoms with van der Waals surface area (Å²) in [5.74, 6) is -3.36. The Morgan fingerprint density at radius 1 is 1.35 bits per heavy atom. The van der Waals surface area contributed by atoms with Gasteiger partial charge in [-0.05, 0) is 12.1 Å². The zero-order chi connectivity index (χ0) is 19.5. The second kappa shape index (κ2) is 7.22. The molecule has 0 saturated carbocycles. The lowest BCUT2D eigenvalue weighted by Crippen LogP contribution is -2.19. The van der Waals surface area contributed by atoms with E-state index >= 15 is 0 Å². The van der Waals surface area contributed by atoms with Gasteiger partial charge in [-0.3, -0.25) is 4.79 Å². The number of hydrogen-bond acceptors (Lipinski definition) is 6. The molecular weight excluding hydrogens is 358 g/mol. The van der Waals surface area contributed by atoms with Gasteiger partial charge in [-0.15, -0.1) is 0 Å². The predicted octanol–water partition coefficient (Wildman–Crippen LogP) is 4.13. The molecular formula is C16H15F4N3O3. The lowest BCUT2D eigenvalue weighted by atomic mass is 9.86. The monoisotopic (exact) mass is 373 g/mol. The average Bonchev–Trinajstić information content (AvgIpc) is 3.02. The number of aromatic nitrogens is 2. The van der Waals surface area contributed by atoms with Crippen molar-refractivity contribution < 1.29 is 31.7 Å². The van der Waals surface area contributed by atoms with Crippen molar-refractivity contribution in [1.82, 2.24) is 10.1 Å². The fourth-order valence-corrected chi connectivity index (χ4v) is 2.09. The van der Waals surface area contributed by atoms with Crippen LogP contribution in [-0.4, -0.2) is 29.2 Å². The minimum Gasteiger partial charge on any atom is -0.399 e. The lowest BCUT2D eigenvalue weighted by Gasteiger charge is -2.17. The van der Waals surface area contributed by atoms with Crippen molar-refractivity contribution in [3.63, 3.8) is 0 Å². The third-order valence-corrected chi connectivity index (χ3v) is 3.32. The quantitative estimate of drug-likeness (QED) is 0.329. The zero-order valence-electron chi connectivity index (χ0n) is 14.1. The summed E-state index contributed by atoms with van der Waals surface area (Å²) in [5.41, 5.74) is -0.918. The van der Waals surface area contributed by atoms with Crippen LogP contribution in [0.5, 0.6) is 0 Å². The van der Waals surface area contributed by atoms with E-state index < -0.39 is 34.9 Å². The maximum atomic E-state index is 14.3. The van der Waals surface area contributed by atoms with E-state index in [1.54, 1.807) is 13.8 Å². The van der Waals surface area contributed by atoms with E-state index in [4.69, 9.17) is 0 Å². The Labute approximate surface area is 145 Å². The second-order valence-corrected chi connectivity index (χ2v) is 6.12. The van der Waals surface area contributed by atoms with Gasteiger partial charge < -0.3 is 9.36 Å². The number of oxime groups is 1. The first-order chi connectivity index (χ1) is 12.0. The van der Waals surface area contributed by atoms with Gasteiger partial charge in [-0.1, -0.05) is 30.2 Å². The molecule has 0 aliphatic heterocycles. The molecule has 2 rings (SSSR count). The lowest BCUT2D eigenvalue weighted by molar-refractivity contribution is -0.159. The second-order valence-electron chi connectivity index (χ2n) is 6.12. The van der Waals surface area contributed by atoms with Crippen molar-refractivity contribution in [1.29, 1.82) is 0 Å². The van der Waals surface area contributed by atoms with Crippen LogP contribution in [0.4, 0.5) is 17.6 Å². The SMILES string of the molecule is CON=CC(C)(C)CC(=O)c1ccc(-c2noc(C(F)(F)F)n2)cc1F. The van der Waals surface area contributed by atoms with Gasteiger partial charge in [0.25, 0.3) is 0 Å². The topological polar surface area (TPSA) is 77.6 Å². The number of hydrogen-bond donors (Lipinski definition) is 0. The zero-order valence-corrected chi connectivity index (χ0v) is 14.1. The summed E-state index contributed by atoms with van der Waals surface area (Å²) in [6, 6.07) is 3.30. The van der Waals surface area contributed by atoms with Gasteiger partial charge in [0.15, 0.2) is 5.78 Å². The maximum Gasteiger partial charge on any atom is 0.471 e. The third-order valence-electron chi connectivity index (χ3n) is 3.32. The minimum atomic E-state index is -4.80. The molecule has 0 amide bonds. The van der Waals surface area contributed by atoms with E-state index in [1.165, 1.54) is 25.5 Å². The van der Waals surface area contributed by atoms with Crippen LogP contribution in [0.25, 0.3) is 11.4 Å². The highest BCUT2D eigenvalue weighted by atomic mass is 19.4. The minimum absolute atomic E-state index is 0.0431. The first kappa shape index (κ1) is 19.5. The molecule has 6 nitrogen and oxygen atoms in total. The van der Waals surface area contributed by atoms with E-state index in [0.717, 1.165) is 6.07 Å². The Hall–Kier alpha value is -2.78. The molecule has 1 aromatic carbocycles. The predicted molar refractivity (Wildman–Crippen MR) is 82.9 cm³/mol. The summed E-state index contributed by atoms with van der Waals surface area (Å²) in [6.45, 7) is 3.44. The van der Waals surface area contributed by atoms with E-state index in [1.807, 2.05) is 0 Å². The van der Waals surface area contributed by atoms with Crippen molar-refractivity contribution in [2.24, 2.45) is 10.6 Å². The van der Waals surface area contributed by atoms with Gasteiger partial charge in [0.2, 0.25) is 5.82 Å². The number of carbonyl (C=O) groups is 1. The normalized spacial score (nSPS) is 12.6. The molecule has 10 heteroatoms. The van der Waals surface area contributed by atoms with Crippen LogP contribution < -0.4 is 0 Å². The molecule has 26 heavy (non-hydrogen) atoms. The highest BCUT2D eigenvalue weighted by molar-refractivity contribution is 5.98. The molecule has 2 aromatic rings. The van der Waals surface area contributed by atoms with Crippen LogP contribution in [0.3, 0.4) is 0 Å². The van der Waals surface area contributed by atoms with E-state index in [2.05, 4.69) is 24.7 Å². The molecule has 0 N–H and O–H groups in total. The van der Waals surface area contributed by atoms with E-state index in [0.29, 0.717) is 0 Å². The van der Waals surface area contributed by atoms with E-state index in [9.17, 15) is 22.4 Å². The maximum absolute atomic E-state index is 14.3. The summed E-state index contributed by atoms with van der Waals surface area (Å²) in [5, 5.41) is 6.77. The number of benzene rings is 1. The molecule has 0 radical (unpaired) electrons. The summed E-state index contributed by atoms with van der Waals surface area (Å²) < 4.78 is 55.8. The summed E-state index contributed by atoms with van der Waals surface area (Å²) in [4.78, 5) is 20.0. The van der Waals surface area contributed by atoms with Crippen LogP contribution in [0.15, 0.2) is 27.9 Å². The Balaban J connectivity index is 2.23. The standard InChI is InChI=1S/C16H15F4N3O3/c1-15(2,8-21-25-3)7-12(24)10-5-4-9(6-11(10)17)13-22-14(26-23-13)16(18,19)20/h4-6,8H,7H2,1-3H3. The number of ketones is 1.